The van der Waals surface area contributed by atoms with Crippen LogP contribution >= 0.6 is 22.7 Å². The van der Waals surface area contributed by atoms with Gasteiger partial charge in [0.25, 0.3) is 0 Å². The van der Waals surface area contributed by atoms with Crippen LogP contribution in [0.2, 0.25) is 0 Å². The van der Waals surface area contributed by atoms with E-state index in [0.29, 0.717) is 17.5 Å². The molecule has 0 aliphatic rings. The third kappa shape index (κ3) is 3.92. The zero-order valence-electron chi connectivity index (χ0n) is 24.4. The lowest BCUT2D eigenvalue weighted by atomic mass is 9.97. The Bertz CT molecular complexity index is 2830. The average Bonchev–Trinajstić information content (AvgIpc) is 3.69. The van der Waals surface area contributed by atoms with Crippen LogP contribution < -0.4 is 0 Å². The highest BCUT2D eigenvalue weighted by Gasteiger charge is 2.19. The quantitative estimate of drug-likeness (QED) is 0.184. The molecule has 5 heteroatoms. The maximum absolute atomic E-state index is 5.27. The molecule has 0 saturated carbocycles. The fourth-order valence-electron chi connectivity index (χ4n) is 6.78. The van der Waals surface area contributed by atoms with Crippen molar-refractivity contribution in [2.45, 2.75) is 0 Å². The molecule has 0 unspecified atom stereocenters. The molecule has 0 aliphatic heterocycles. The van der Waals surface area contributed by atoms with Crippen molar-refractivity contribution < 1.29 is 0 Å². The molecule has 0 fully saturated rings. The first-order valence-corrected chi connectivity index (χ1v) is 16.9. The van der Waals surface area contributed by atoms with Gasteiger partial charge in [0, 0.05) is 62.4 Å². The highest BCUT2D eigenvalue weighted by atomic mass is 32.1. The van der Waals surface area contributed by atoms with E-state index in [-0.39, 0.29) is 0 Å². The maximum atomic E-state index is 5.27. The summed E-state index contributed by atoms with van der Waals surface area (Å²) in [7, 11) is 0. The summed E-state index contributed by atoms with van der Waals surface area (Å²) in [5, 5.41) is 9.68. The molecule has 7 aromatic carbocycles. The molecule has 3 heterocycles. The molecular formula is C41H23N3S2. The minimum Gasteiger partial charge on any atom is -0.208 e. The fraction of sp³-hybridized carbons (Fsp3) is 0. The topological polar surface area (TPSA) is 38.7 Å². The molecule has 3 nitrogen and oxygen atoms in total. The first-order valence-electron chi connectivity index (χ1n) is 15.3. The fourth-order valence-corrected chi connectivity index (χ4v) is 9.08. The van der Waals surface area contributed by atoms with Gasteiger partial charge in [0.1, 0.15) is 0 Å². The molecule has 46 heavy (non-hydrogen) atoms. The van der Waals surface area contributed by atoms with E-state index in [1.54, 1.807) is 11.3 Å². The van der Waals surface area contributed by atoms with Gasteiger partial charge in [0.15, 0.2) is 17.5 Å². The predicted molar refractivity (Wildman–Crippen MR) is 197 cm³/mol. The molecule has 214 valence electrons. The molecule has 3 aromatic heterocycles. The second-order valence-corrected chi connectivity index (χ2v) is 13.7. The molecule has 0 N–H and O–H groups in total. The minimum atomic E-state index is 0.674. The number of thiophene rings is 2. The van der Waals surface area contributed by atoms with E-state index >= 15 is 0 Å². The van der Waals surface area contributed by atoms with Crippen molar-refractivity contribution in [3.63, 3.8) is 0 Å². The van der Waals surface area contributed by atoms with Crippen LogP contribution in [0.15, 0.2) is 140 Å². The normalized spacial score (nSPS) is 11.9. The van der Waals surface area contributed by atoms with Gasteiger partial charge in [-0.05, 0) is 52.6 Å². The van der Waals surface area contributed by atoms with Gasteiger partial charge in [0.2, 0.25) is 0 Å². The van der Waals surface area contributed by atoms with Crippen LogP contribution in [0.3, 0.4) is 0 Å². The van der Waals surface area contributed by atoms with Gasteiger partial charge in [0.05, 0.1) is 0 Å². The average molecular weight is 622 g/mol. The van der Waals surface area contributed by atoms with Crippen LogP contribution in [0.1, 0.15) is 0 Å². The Morgan fingerprint density at radius 3 is 1.83 bits per heavy atom. The lowest BCUT2D eigenvalue weighted by molar-refractivity contribution is 1.08. The molecule has 0 bridgehead atoms. The summed E-state index contributed by atoms with van der Waals surface area (Å²) >= 11 is 3.62. The van der Waals surface area contributed by atoms with E-state index in [2.05, 4.69) is 140 Å². The van der Waals surface area contributed by atoms with E-state index in [4.69, 9.17) is 15.0 Å². The van der Waals surface area contributed by atoms with Gasteiger partial charge >= 0.3 is 0 Å². The Balaban J connectivity index is 1.28. The Hall–Kier alpha value is -5.49. The third-order valence-electron chi connectivity index (χ3n) is 8.93. The second-order valence-electron chi connectivity index (χ2n) is 11.6. The van der Waals surface area contributed by atoms with Crippen LogP contribution in [0.4, 0.5) is 0 Å². The largest absolute Gasteiger partial charge is 0.208 e. The number of aromatic nitrogens is 3. The van der Waals surface area contributed by atoms with E-state index in [1.165, 1.54) is 51.1 Å². The van der Waals surface area contributed by atoms with Gasteiger partial charge in [-0.25, -0.2) is 15.0 Å². The lowest BCUT2D eigenvalue weighted by Gasteiger charge is -2.12. The Morgan fingerprint density at radius 2 is 0.957 bits per heavy atom. The van der Waals surface area contributed by atoms with E-state index in [1.807, 2.05) is 11.3 Å². The zero-order valence-corrected chi connectivity index (χ0v) is 26.1. The second kappa shape index (κ2) is 10.0. The molecule has 10 rings (SSSR count). The van der Waals surface area contributed by atoms with E-state index in [0.717, 1.165) is 27.5 Å². The van der Waals surface area contributed by atoms with Gasteiger partial charge in [-0.3, -0.25) is 0 Å². The summed E-state index contributed by atoms with van der Waals surface area (Å²) in [5.74, 6) is 2.03. The summed E-state index contributed by atoms with van der Waals surface area (Å²) in [4.78, 5) is 15.7. The van der Waals surface area contributed by atoms with Gasteiger partial charge in [-0.15, -0.1) is 22.7 Å². The Morgan fingerprint density at radius 1 is 0.370 bits per heavy atom. The summed E-state index contributed by atoms with van der Waals surface area (Å²) in [6, 6.07) is 49.6. The van der Waals surface area contributed by atoms with Crippen molar-refractivity contribution in [3.8, 4) is 34.2 Å². The smallest absolute Gasteiger partial charge is 0.165 e. The van der Waals surface area contributed by atoms with Crippen molar-refractivity contribution in [3.05, 3.63) is 140 Å². The number of hydrogen-bond donors (Lipinski definition) is 0. The summed E-state index contributed by atoms with van der Waals surface area (Å²) in [5.41, 5.74) is 3.01. The molecule has 0 aliphatic carbocycles. The van der Waals surface area contributed by atoms with Crippen LogP contribution in [-0.2, 0) is 0 Å². The number of hydrogen-bond acceptors (Lipinski definition) is 5. The van der Waals surface area contributed by atoms with Crippen molar-refractivity contribution in [2.24, 2.45) is 0 Å². The Labute approximate surface area is 272 Å². The maximum Gasteiger partial charge on any atom is 0.165 e. The molecule has 0 atom stereocenters. The summed E-state index contributed by atoms with van der Waals surface area (Å²) < 4.78 is 4.99. The monoisotopic (exact) mass is 621 g/mol. The number of fused-ring (bicyclic) bond motifs is 9. The highest BCUT2D eigenvalue weighted by Crippen LogP contribution is 2.41. The van der Waals surface area contributed by atoms with Crippen LogP contribution in [0.5, 0.6) is 0 Å². The Kier molecular flexibility index (Phi) is 5.61. The van der Waals surface area contributed by atoms with Crippen molar-refractivity contribution in [1.29, 1.82) is 0 Å². The minimum absolute atomic E-state index is 0.674. The zero-order chi connectivity index (χ0) is 30.2. The number of benzene rings is 7. The molecule has 0 saturated heterocycles. The van der Waals surface area contributed by atoms with Gasteiger partial charge < -0.3 is 0 Å². The van der Waals surface area contributed by atoms with Crippen molar-refractivity contribution in [1.82, 2.24) is 15.0 Å². The van der Waals surface area contributed by atoms with E-state index < -0.39 is 0 Å². The van der Waals surface area contributed by atoms with Crippen molar-refractivity contribution in [2.75, 3.05) is 0 Å². The van der Waals surface area contributed by atoms with Gasteiger partial charge in [-0.2, -0.15) is 0 Å². The molecule has 0 spiro atoms. The van der Waals surface area contributed by atoms with E-state index in [9.17, 15) is 0 Å². The number of nitrogens with zero attached hydrogens (tertiary/aromatic N) is 3. The number of rotatable bonds is 3. The molecular weight excluding hydrogens is 599 g/mol. The highest BCUT2D eigenvalue weighted by molar-refractivity contribution is 7.26. The van der Waals surface area contributed by atoms with Crippen LogP contribution in [-0.4, -0.2) is 15.0 Å². The summed E-state index contributed by atoms with van der Waals surface area (Å²) in [6.07, 6.45) is 0. The first-order chi connectivity index (χ1) is 22.8. The molecule has 0 radical (unpaired) electrons. The summed E-state index contributed by atoms with van der Waals surface area (Å²) in [6.45, 7) is 0. The van der Waals surface area contributed by atoms with Crippen molar-refractivity contribution >= 4 is 84.6 Å². The first kappa shape index (κ1) is 25.8. The standard InChI is InChI=1S/C41H23N3S2/c1-2-11-27-24(9-1)19-20-25-10-7-15-31(37(25)27)40-42-39(26-21-22-36-33(23-26)29-13-4-5-17-34(29)45-36)43-41(44-40)32-16-8-14-30-28-12-3-6-18-35(28)46-38(30)32/h1-23H. The lowest BCUT2D eigenvalue weighted by Crippen LogP contribution is -2.01. The third-order valence-corrected chi connectivity index (χ3v) is 11.3. The van der Waals surface area contributed by atoms with Crippen LogP contribution in [0.25, 0.3) is 96.1 Å². The SMILES string of the molecule is c1ccc2c(c1)ccc1cccc(-c3nc(-c4ccc5sc6ccccc6c5c4)nc(-c4cccc5c4sc4ccccc45)n3)c12. The predicted octanol–water partition coefficient (Wildman–Crippen LogP) is 11.9. The van der Waals surface area contributed by atoms with Gasteiger partial charge in [-0.1, -0.05) is 103 Å². The molecule has 10 aromatic rings. The van der Waals surface area contributed by atoms with Crippen LogP contribution in [0, 0.1) is 0 Å². The molecule has 0 amide bonds.